The van der Waals surface area contributed by atoms with Crippen molar-refractivity contribution < 1.29 is 14.3 Å². The molecule has 0 radical (unpaired) electrons. The van der Waals surface area contributed by atoms with Crippen molar-refractivity contribution in [2.45, 2.75) is 39.7 Å². The van der Waals surface area contributed by atoms with Gasteiger partial charge in [-0.25, -0.2) is 9.78 Å². The molecule has 5 rings (SSSR count). The van der Waals surface area contributed by atoms with Gasteiger partial charge in [-0.05, 0) is 43.2 Å². The van der Waals surface area contributed by atoms with Crippen LogP contribution in [0.4, 0.5) is 5.00 Å². The first kappa shape index (κ1) is 23.4. The molecule has 0 saturated carbocycles. The molecule has 1 aliphatic rings. The third-order valence-electron chi connectivity index (χ3n) is 6.20. The Kier molecular flexibility index (Phi) is 6.53. The van der Waals surface area contributed by atoms with E-state index in [9.17, 15) is 14.4 Å². The topological polar surface area (TPSA) is 90.3 Å². The summed E-state index contributed by atoms with van der Waals surface area (Å²) in [6, 6.07) is 9.66. The molecule has 0 bridgehead atoms. The van der Waals surface area contributed by atoms with E-state index in [0.717, 1.165) is 40.8 Å². The Morgan fingerprint density at radius 1 is 1.26 bits per heavy atom. The van der Waals surface area contributed by atoms with Crippen LogP contribution in [-0.2, 0) is 28.9 Å². The van der Waals surface area contributed by atoms with Crippen molar-refractivity contribution in [3.05, 3.63) is 68.4 Å². The monoisotopic (exact) mass is 507 g/mol. The van der Waals surface area contributed by atoms with Gasteiger partial charge >= 0.3 is 5.97 Å². The molecule has 1 amide bonds. The average molecular weight is 508 g/mol. The molecular weight excluding hydrogens is 482 g/mol. The molecule has 3 heterocycles. The maximum absolute atomic E-state index is 13.3. The molecule has 3 aromatic heterocycles. The smallest absolute Gasteiger partial charge is 0.341 e. The van der Waals surface area contributed by atoms with Crippen molar-refractivity contribution in [2.24, 2.45) is 5.92 Å². The molecule has 1 unspecified atom stereocenters. The number of carbonyl (C=O) groups excluding carboxylic acids is 2. The number of ether oxygens (including phenoxy) is 1. The number of nitrogens with one attached hydrogen (secondary N) is 1. The molecule has 1 atom stereocenters. The Morgan fingerprint density at radius 3 is 2.83 bits per heavy atom. The largest absolute Gasteiger partial charge is 0.462 e. The second kappa shape index (κ2) is 9.75. The zero-order chi connectivity index (χ0) is 24.5. The summed E-state index contributed by atoms with van der Waals surface area (Å²) in [4.78, 5) is 45.2. The highest BCUT2D eigenvalue weighted by molar-refractivity contribution is 7.17. The summed E-state index contributed by atoms with van der Waals surface area (Å²) in [5.74, 6) is -0.275. The first-order valence-corrected chi connectivity index (χ1v) is 13.3. The second-order valence-corrected chi connectivity index (χ2v) is 10.7. The Balaban J connectivity index is 1.44. The van der Waals surface area contributed by atoms with Crippen LogP contribution in [-0.4, -0.2) is 28.0 Å². The first-order chi connectivity index (χ1) is 17.0. The summed E-state index contributed by atoms with van der Waals surface area (Å²) in [5, 5.41) is 5.80. The number of anilines is 1. The van der Waals surface area contributed by atoms with E-state index in [4.69, 9.17) is 4.74 Å². The minimum absolute atomic E-state index is 0.201. The first-order valence-electron chi connectivity index (χ1n) is 11.6. The van der Waals surface area contributed by atoms with E-state index in [1.807, 2.05) is 35.7 Å². The van der Waals surface area contributed by atoms with Crippen molar-refractivity contribution in [1.82, 2.24) is 9.55 Å². The van der Waals surface area contributed by atoms with Gasteiger partial charge in [-0.1, -0.05) is 37.3 Å². The number of rotatable bonds is 6. The number of hydrogen-bond donors (Lipinski definition) is 1. The highest BCUT2D eigenvalue weighted by atomic mass is 32.1. The third-order valence-corrected chi connectivity index (χ3v) is 8.26. The Morgan fingerprint density at radius 2 is 2.06 bits per heavy atom. The van der Waals surface area contributed by atoms with Crippen LogP contribution >= 0.6 is 22.7 Å². The standard InChI is InChI=1S/C26H25N3O4S2/c1-3-33-26(32)22-17-10-9-15(2)11-19(17)35-24(22)28-20(30)12-29-14-27-23-21(25(29)31)18(13-34-23)16-7-5-4-6-8-16/h4-8,13-15H,3,9-12H2,1-2H3,(H,28,30). The molecule has 35 heavy (non-hydrogen) atoms. The van der Waals surface area contributed by atoms with E-state index < -0.39 is 5.97 Å². The van der Waals surface area contributed by atoms with Crippen molar-refractivity contribution in [3.8, 4) is 11.1 Å². The van der Waals surface area contributed by atoms with Gasteiger partial charge in [0.1, 0.15) is 16.4 Å². The number of benzene rings is 1. The number of amides is 1. The molecule has 1 aromatic carbocycles. The van der Waals surface area contributed by atoms with Gasteiger partial charge in [-0.3, -0.25) is 14.2 Å². The molecule has 0 spiro atoms. The van der Waals surface area contributed by atoms with Crippen molar-refractivity contribution >= 4 is 49.8 Å². The quantitative estimate of drug-likeness (QED) is 0.366. The highest BCUT2D eigenvalue weighted by Gasteiger charge is 2.29. The average Bonchev–Trinajstić information content (AvgIpc) is 3.43. The van der Waals surface area contributed by atoms with Gasteiger partial charge in [0, 0.05) is 15.8 Å². The number of thiophene rings is 2. The van der Waals surface area contributed by atoms with Gasteiger partial charge in [0.25, 0.3) is 5.56 Å². The number of carbonyl (C=O) groups is 2. The predicted octanol–water partition coefficient (Wildman–Crippen LogP) is 5.13. The highest BCUT2D eigenvalue weighted by Crippen LogP contribution is 2.40. The minimum Gasteiger partial charge on any atom is -0.462 e. The van der Waals surface area contributed by atoms with Crippen molar-refractivity contribution in [2.75, 3.05) is 11.9 Å². The number of aromatic nitrogens is 2. The van der Waals surface area contributed by atoms with Gasteiger partial charge in [0.15, 0.2) is 0 Å². The third kappa shape index (κ3) is 4.53. The molecule has 180 valence electrons. The summed E-state index contributed by atoms with van der Waals surface area (Å²) >= 11 is 2.84. The molecule has 9 heteroatoms. The summed E-state index contributed by atoms with van der Waals surface area (Å²) in [6.07, 6.45) is 4.07. The lowest BCUT2D eigenvalue weighted by molar-refractivity contribution is -0.116. The van der Waals surface area contributed by atoms with Crippen LogP contribution in [0.15, 0.2) is 46.8 Å². The number of esters is 1. The maximum atomic E-state index is 13.3. The van der Waals surface area contributed by atoms with Crippen LogP contribution in [0.25, 0.3) is 21.3 Å². The lowest BCUT2D eigenvalue weighted by Crippen LogP contribution is -2.28. The maximum Gasteiger partial charge on any atom is 0.341 e. The van der Waals surface area contributed by atoms with Crippen LogP contribution in [0.2, 0.25) is 0 Å². The van der Waals surface area contributed by atoms with Crippen molar-refractivity contribution in [1.29, 1.82) is 0 Å². The lowest BCUT2D eigenvalue weighted by atomic mass is 9.88. The summed E-state index contributed by atoms with van der Waals surface area (Å²) in [6.45, 7) is 4.02. The van der Waals surface area contributed by atoms with E-state index in [-0.39, 0.29) is 24.6 Å². The van der Waals surface area contributed by atoms with Gasteiger partial charge in [0.2, 0.25) is 5.91 Å². The van der Waals surface area contributed by atoms with E-state index in [0.29, 0.717) is 26.7 Å². The van der Waals surface area contributed by atoms with E-state index in [2.05, 4.69) is 17.2 Å². The van der Waals surface area contributed by atoms with Crippen LogP contribution < -0.4 is 10.9 Å². The van der Waals surface area contributed by atoms with E-state index >= 15 is 0 Å². The number of fused-ring (bicyclic) bond motifs is 2. The minimum atomic E-state index is -0.416. The fourth-order valence-electron chi connectivity index (χ4n) is 4.49. The molecule has 4 aromatic rings. The SMILES string of the molecule is CCOC(=O)c1c(NC(=O)Cn2cnc3scc(-c4ccccc4)c3c2=O)sc2c1CCC(C)C2. The molecule has 1 N–H and O–H groups in total. The molecular formula is C26H25N3O4S2. The van der Waals surface area contributed by atoms with Crippen LogP contribution in [0, 0.1) is 5.92 Å². The number of hydrogen-bond acceptors (Lipinski definition) is 7. The molecule has 7 nitrogen and oxygen atoms in total. The zero-order valence-electron chi connectivity index (χ0n) is 19.5. The van der Waals surface area contributed by atoms with E-state index in [1.54, 1.807) is 6.92 Å². The van der Waals surface area contributed by atoms with Gasteiger partial charge < -0.3 is 10.1 Å². The molecule has 0 saturated heterocycles. The lowest BCUT2D eigenvalue weighted by Gasteiger charge is -2.18. The summed E-state index contributed by atoms with van der Waals surface area (Å²) in [7, 11) is 0. The Bertz CT molecular complexity index is 1470. The predicted molar refractivity (Wildman–Crippen MR) is 139 cm³/mol. The fraction of sp³-hybridized carbons (Fsp3) is 0.308. The normalized spacial score (nSPS) is 15.1. The van der Waals surface area contributed by atoms with Crippen LogP contribution in [0.3, 0.4) is 0 Å². The van der Waals surface area contributed by atoms with Crippen LogP contribution in [0.5, 0.6) is 0 Å². The zero-order valence-corrected chi connectivity index (χ0v) is 21.1. The molecule has 0 fully saturated rings. The van der Waals surface area contributed by atoms with Gasteiger partial charge in [-0.2, -0.15) is 0 Å². The molecule has 1 aliphatic carbocycles. The Labute approximate surface area is 210 Å². The number of nitrogens with zero attached hydrogens (tertiary/aromatic N) is 2. The Hall–Kier alpha value is -3.30. The van der Waals surface area contributed by atoms with Gasteiger partial charge in [0.05, 0.1) is 23.9 Å². The summed E-state index contributed by atoms with van der Waals surface area (Å²) < 4.78 is 6.60. The summed E-state index contributed by atoms with van der Waals surface area (Å²) in [5.41, 5.74) is 2.90. The molecule has 0 aliphatic heterocycles. The van der Waals surface area contributed by atoms with Crippen LogP contribution in [0.1, 0.15) is 41.1 Å². The van der Waals surface area contributed by atoms with Gasteiger partial charge in [-0.15, -0.1) is 22.7 Å². The second-order valence-electron chi connectivity index (χ2n) is 8.70. The van der Waals surface area contributed by atoms with E-state index in [1.165, 1.54) is 33.6 Å². The van der Waals surface area contributed by atoms with Crippen molar-refractivity contribution in [3.63, 3.8) is 0 Å². The fourth-order valence-corrected chi connectivity index (χ4v) is 6.81.